The first kappa shape index (κ1) is 23.1. The number of tetrazole rings is 1. The van der Waals surface area contributed by atoms with E-state index < -0.39 is 0 Å². The van der Waals surface area contributed by atoms with Gasteiger partial charge in [0, 0.05) is 11.4 Å². The van der Waals surface area contributed by atoms with Crippen LogP contribution in [0.4, 0.5) is 0 Å². The van der Waals surface area contributed by atoms with Crippen LogP contribution in [0.3, 0.4) is 0 Å². The predicted molar refractivity (Wildman–Crippen MR) is 132 cm³/mol. The Bertz CT molecular complexity index is 1340. The minimum absolute atomic E-state index is 0.0891. The van der Waals surface area contributed by atoms with Gasteiger partial charge < -0.3 is 9.15 Å². The van der Waals surface area contributed by atoms with E-state index in [0.717, 1.165) is 11.3 Å². The second-order valence-electron chi connectivity index (χ2n) is 7.59. The Morgan fingerprint density at radius 3 is 2.77 bits per heavy atom. The Hall–Kier alpha value is -3.63. The molecule has 0 saturated heterocycles. The van der Waals surface area contributed by atoms with Gasteiger partial charge in [-0.05, 0) is 59.3 Å². The number of hydrazone groups is 1. The van der Waals surface area contributed by atoms with Gasteiger partial charge in [-0.1, -0.05) is 47.6 Å². The number of furan rings is 1. The van der Waals surface area contributed by atoms with E-state index in [4.69, 9.17) is 20.8 Å². The molecule has 1 aliphatic heterocycles. The van der Waals surface area contributed by atoms with Gasteiger partial charge in [-0.2, -0.15) is 9.78 Å². The summed E-state index contributed by atoms with van der Waals surface area (Å²) in [7, 11) is 0. The van der Waals surface area contributed by atoms with E-state index in [9.17, 15) is 4.79 Å². The number of carbonyl (C=O) groups excluding carboxylic acids is 1. The second kappa shape index (κ2) is 10.3. The fraction of sp³-hybridized carbons (Fsp3) is 0.208. The molecule has 2 aromatic carbocycles. The number of rotatable bonds is 8. The molecule has 0 fully saturated rings. The zero-order valence-corrected chi connectivity index (χ0v) is 20.3. The van der Waals surface area contributed by atoms with Crippen molar-refractivity contribution in [1.82, 2.24) is 25.2 Å². The Morgan fingerprint density at radius 2 is 2.00 bits per heavy atom. The number of para-hydroxylation sites is 2. The van der Waals surface area contributed by atoms with Crippen LogP contribution in [-0.4, -0.2) is 49.2 Å². The summed E-state index contributed by atoms with van der Waals surface area (Å²) in [5, 5.41) is 19.2. The number of nitrogens with zero attached hydrogens (tertiary/aromatic N) is 6. The third kappa shape index (κ3) is 4.94. The lowest BCUT2D eigenvalue weighted by molar-refractivity contribution is -0.130. The molecule has 1 unspecified atom stereocenters. The van der Waals surface area contributed by atoms with E-state index >= 15 is 0 Å². The van der Waals surface area contributed by atoms with Crippen LogP contribution in [0.25, 0.3) is 5.69 Å². The van der Waals surface area contributed by atoms with Gasteiger partial charge >= 0.3 is 0 Å². The lowest BCUT2D eigenvalue weighted by Gasteiger charge is -2.19. The van der Waals surface area contributed by atoms with Crippen molar-refractivity contribution in [2.24, 2.45) is 5.10 Å². The fourth-order valence-corrected chi connectivity index (χ4v) is 4.64. The highest BCUT2D eigenvalue weighted by Crippen LogP contribution is 2.34. The first-order valence-corrected chi connectivity index (χ1v) is 12.3. The number of hydrogen-bond donors (Lipinski definition) is 0. The highest BCUT2D eigenvalue weighted by Gasteiger charge is 2.35. The summed E-state index contributed by atoms with van der Waals surface area (Å²) in [5.74, 6) is 1.23. The van der Waals surface area contributed by atoms with E-state index in [1.165, 1.54) is 16.8 Å². The van der Waals surface area contributed by atoms with Crippen molar-refractivity contribution in [2.45, 2.75) is 24.5 Å². The molecule has 3 heterocycles. The summed E-state index contributed by atoms with van der Waals surface area (Å²) in [6.45, 7) is 2.42. The lowest BCUT2D eigenvalue weighted by Crippen LogP contribution is -2.28. The summed E-state index contributed by atoms with van der Waals surface area (Å²) in [4.78, 5) is 13.3. The molecule has 178 valence electrons. The molecule has 9 nitrogen and oxygen atoms in total. The molecule has 35 heavy (non-hydrogen) atoms. The van der Waals surface area contributed by atoms with Gasteiger partial charge in [0.1, 0.15) is 23.2 Å². The normalized spacial score (nSPS) is 15.3. The lowest BCUT2D eigenvalue weighted by atomic mass is 10.0. The van der Waals surface area contributed by atoms with Gasteiger partial charge in [-0.15, -0.1) is 5.10 Å². The van der Waals surface area contributed by atoms with Gasteiger partial charge in [-0.3, -0.25) is 4.79 Å². The van der Waals surface area contributed by atoms with Crippen LogP contribution in [0.1, 0.15) is 30.7 Å². The second-order valence-corrected chi connectivity index (χ2v) is 8.97. The summed E-state index contributed by atoms with van der Waals surface area (Å²) in [6, 6.07) is 18.2. The zero-order valence-electron chi connectivity index (χ0n) is 18.7. The zero-order chi connectivity index (χ0) is 24.2. The van der Waals surface area contributed by atoms with Crippen molar-refractivity contribution in [3.63, 3.8) is 0 Å². The van der Waals surface area contributed by atoms with Crippen LogP contribution in [0.15, 0.2) is 81.6 Å². The van der Waals surface area contributed by atoms with Gasteiger partial charge in [0.25, 0.3) is 5.91 Å². The average molecular weight is 509 g/mol. The molecule has 0 saturated carbocycles. The Balaban J connectivity index is 1.36. The number of halogens is 1. The minimum atomic E-state index is -0.335. The van der Waals surface area contributed by atoms with E-state index in [1.807, 2.05) is 61.5 Å². The molecule has 0 spiro atoms. The summed E-state index contributed by atoms with van der Waals surface area (Å²) in [6.07, 6.45) is 2.13. The summed E-state index contributed by atoms with van der Waals surface area (Å²) in [5.41, 5.74) is 2.40. The highest BCUT2D eigenvalue weighted by molar-refractivity contribution is 7.99. The topological polar surface area (TPSA) is 98.6 Å². The van der Waals surface area contributed by atoms with Crippen LogP contribution < -0.4 is 4.74 Å². The van der Waals surface area contributed by atoms with Crippen molar-refractivity contribution in [3.05, 3.63) is 83.3 Å². The number of ether oxygens (including phenoxy) is 1. The summed E-state index contributed by atoms with van der Waals surface area (Å²) >= 11 is 7.26. The Labute approximate surface area is 210 Å². The Morgan fingerprint density at radius 1 is 1.17 bits per heavy atom. The molecule has 1 atom stereocenters. The molecule has 5 rings (SSSR count). The van der Waals surface area contributed by atoms with Gasteiger partial charge in [0.15, 0.2) is 0 Å². The van der Waals surface area contributed by atoms with Gasteiger partial charge in [0.05, 0.1) is 24.3 Å². The van der Waals surface area contributed by atoms with Crippen LogP contribution in [0, 0.1) is 0 Å². The number of hydrogen-bond acceptors (Lipinski definition) is 8. The number of thioether (sulfide) groups is 1. The third-order valence-corrected chi connectivity index (χ3v) is 6.53. The van der Waals surface area contributed by atoms with Crippen molar-refractivity contribution in [2.75, 3.05) is 12.4 Å². The quantitative estimate of drug-likeness (QED) is 0.316. The predicted octanol–water partition coefficient (Wildman–Crippen LogP) is 4.78. The van der Waals surface area contributed by atoms with E-state index in [2.05, 4.69) is 20.6 Å². The molecule has 0 bridgehead atoms. The van der Waals surface area contributed by atoms with Crippen LogP contribution >= 0.6 is 23.4 Å². The van der Waals surface area contributed by atoms with Crippen molar-refractivity contribution in [1.29, 1.82) is 0 Å². The van der Waals surface area contributed by atoms with E-state index in [0.29, 0.717) is 40.4 Å². The van der Waals surface area contributed by atoms with Crippen LogP contribution in [0.2, 0.25) is 5.02 Å². The number of carbonyl (C=O) groups is 1. The van der Waals surface area contributed by atoms with Crippen LogP contribution in [0.5, 0.6) is 5.75 Å². The maximum Gasteiger partial charge on any atom is 0.253 e. The number of benzene rings is 2. The number of amides is 1. The van der Waals surface area contributed by atoms with E-state index in [1.54, 1.807) is 17.0 Å². The summed E-state index contributed by atoms with van der Waals surface area (Å²) < 4.78 is 12.9. The number of aromatic nitrogens is 4. The average Bonchev–Trinajstić information content (AvgIpc) is 3.64. The molecule has 2 aromatic heterocycles. The van der Waals surface area contributed by atoms with Crippen molar-refractivity contribution in [3.8, 4) is 11.4 Å². The Kier molecular flexibility index (Phi) is 6.82. The highest BCUT2D eigenvalue weighted by atomic mass is 35.5. The van der Waals surface area contributed by atoms with Crippen LogP contribution in [-0.2, 0) is 4.79 Å². The molecular weight excluding hydrogens is 488 g/mol. The smallest absolute Gasteiger partial charge is 0.253 e. The first-order chi connectivity index (χ1) is 17.1. The molecule has 0 N–H and O–H groups in total. The molecule has 1 amide bonds. The monoisotopic (exact) mass is 508 g/mol. The maximum atomic E-state index is 13.3. The SMILES string of the molecule is CCOc1ccccc1-n1nnnc1SCC(=O)N1N=C(c2ccc(Cl)cc2)CC1c1ccco1. The molecule has 4 aromatic rings. The first-order valence-electron chi connectivity index (χ1n) is 11.0. The molecule has 0 aliphatic carbocycles. The minimum Gasteiger partial charge on any atom is -0.492 e. The molecular formula is C24H21ClN6O3S. The van der Waals surface area contributed by atoms with Crippen molar-refractivity contribution >= 4 is 35.0 Å². The fourth-order valence-electron chi connectivity index (χ4n) is 3.78. The van der Waals surface area contributed by atoms with Gasteiger partial charge in [-0.25, -0.2) is 5.01 Å². The van der Waals surface area contributed by atoms with Gasteiger partial charge in [0.2, 0.25) is 5.16 Å². The molecule has 11 heteroatoms. The maximum absolute atomic E-state index is 13.3. The molecule has 1 aliphatic rings. The molecule has 0 radical (unpaired) electrons. The van der Waals surface area contributed by atoms with Crippen molar-refractivity contribution < 1.29 is 13.9 Å². The van der Waals surface area contributed by atoms with E-state index in [-0.39, 0.29) is 17.7 Å². The standard InChI is InChI=1S/C24H21ClN6O3S/c1-2-33-21-7-4-3-6-19(21)31-24(26-28-29-31)35-15-23(32)30-20(22-8-5-13-34-22)14-18(27-30)16-9-11-17(25)12-10-16/h3-13,20H,2,14-15H2,1H3. The third-order valence-electron chi connectivity index (χ3n) is 5.37. The largest absolute Gasteiger partial charge is 0.492 e.